The molecule has 2 atom stereocenters. The summed E-state index contributed by atoms with van der Waals surface area (Å²) in [6, 6.07) is 11.5. The van der Waals surface area contributed by atoms with Crippen molar-refractivity contribution in [1.29, 1.82) is 0 Å². The molecule has 6 heteroatoms. The number of hydrogen-bond acceptors (Lipinski definition) is 4. The van der Waals surface area contributed by atoms with E-state index < -0.39 is 5.41 Å². The van der Waals surface area contributed by atoms with Crippen LogP contribution in [0.1, 0.15) is 62.1 Å². The van der Waals surface area contributed by atoms with Gasteiger partial charge in [-0.25, -0.2) is 0 Å². The Balaban J connectivity index is 1.69. The van der Waals surface area contributed by atoms with Gasteiger partial charge in [0.15, 0.2) is 0 Å². The third-order valence-electron chi connectivity index (χ3n) is 7.03. The molecule has 0 saturated carbocycles. The Morgan fingerprint density at radius 1 is 1.12 bits per heavy atom. The molecule has 2 saturated heterocycles. The first-order valence-electron chi connectivity index (χ1n) is 11.6. The number of piperidine rings is 1. The lowest BCUT2D eigenvalue weighted by Gasteiger charge is -2.38. The van der Waals surface area contributed by atoms with Gasteiger partial charge in [-0.15, -0.1) is 0 Å². The summed E-state index contributed by atoms with van der Waals surface area (Å²) in [4.78, 5) is 47.9. The van der Waals surface area contributed by atoms with Gasteiger partial charge >= 0.3 is 0 Å². The molecule has 1 aromatic carbocycles. The average Bonchev–Trinajstić information content (AvgIpc) is 3.04. The largest absolute Gasteiger partial charge is 0.340 e. The summed E-state index contributed by atoms with van der Waals surface area (Å²) in [5.41, 5.74) is 1.41. The van der Waals surface area contributed by atoms with Gasteiger partial charge in [0.2, 0.25) is 17.7 Å². The van der Waals surface area contributed by atoms with E-state index in [0.29, 0.717) is 0 Å². The number of nitrogens with zero attached hydrogens (tertiary/aromatic N) is 3. The Hall–Kier alpha value is -3.02. The molecular formula is C26H31N3O3. The van der Waals surface area contributed by atoms with Crippen molar-refractivity contribution in [2.75, 3.05) is 6.54 Å². The first kappa shape index (κ1) is 22.2. The molecule has 2 aliphatic heterocycles. The molecule has 4 rings (SSSR count). The zero-order valence-electron chi connectivity index (χ0n) is 18.9. The highest BCUT2D eigenvalue weighted by Gasteiger charge is 2.54. The van der Waals surface area contributed by atoms with E-state index in [9.17, 15) is 14.4 Å². The van der Waals surface area contributed by atoms with E-state index in [1.54, 1.807) is 24.5 Å². The van der Waals surface area contributed by atoms with Crippen LogP contribution in [0.3, 0.4) is 0 Å². The molecular weight excluding hydrogens is 402 g/mol. The smallest absolute Gasteiger partial charge is 0.241 e. The number of carbonyl (C=O) groups excluding carboxylic acids is 3. The minimum Gasteiger partial charge on any atom is -0.340 e. The molecule has 2 aliphatic rings. The van der Waals surface area contributed by atoms with Crippen molar-refractivity contribution in [1.82, 2.24) is 14.8 Å². The summed E-state index contributed by atoms with van der Waals surface area (Å²) in [7, 11) is 0. The Bertz CT molecular complexity index is 1010. The first-order chi connectivity index (χ1) is 15.5. The quantitative estimate of drug-likeness (QED) is 0.650. The number of rotatable bonds is 6. The van der Waals surface area contributed by atoms with Crippen LogP contribution in [0.15, 0.2) is 48.8 Å². The third kappa shape index (κ3) is 4.06. The zero-order valence-corrected chi connectivity index (χ0v) is 18.9. The fraction of sp³-hybridized carbons (Fsp3) is 0.462. The fourth-order valence-electron chi connectivity index (χ4n) is 5.30. The molecule has 1 aromatic heterocycles. The Morgan fingerprint density at radius 2 is 1.88 bits per heavy atom. The third-order valence-corrected chi connectivity index (χ3v) is 7.03. The second kappa shape index (κ2) is 9.23. The molecule has 6 nitrogen and oxygen atoms in total. The molecule has 0 spiro atoms. The van der Waals surface area contributed by atoms with E-state index in [4.69, 9.17) is 0 Å². The lowest BCUT2D eigenvalue weighted by molar-refractivity contribution is -0.144. The number of amides is 3. The number of carbonyl (C=O) groups is 3. The molecule has 32 heavy (non-hydrogen) atoms. The molecule has 0 unspecified atom stereocenters. The van der Waals surface area contributed by atoms with Crippen LogP contribution in [-0.2, 0) is 26.3 Å². The van der Waals surface area contributed by atoms with Crippen LogP contribution in [0.4, 0.5) is 0 Å². The Kier molecular flexibility index (Phi) is 6.40. The van der Waals surface area contributed by atoms with Crippen molar-refractivity contribution in [2.24, 2.45) is 0 Å². The highest BCUT2D eigenvalue weighted by molar-refractivity contribution is 6.10. The van der Waals surface area contributed by atoms with Gasteiger partial charge in [-0.1, -0.05) is 31.2 Å². The van der Waals surface area contributed by atoms with Crippen molar-refractivity contribution < 1.29 is 14.4 Å². The van der Waals surface area contributed by atoms with Gasteiger partial charge in [-0.05, 0) is 61.4 Å². The van der Waals surface area contributed by atoms with Crippen molar-refractivity contribution in [2.45, 2.75) is 70.4 Å². The predicted molar refractivity (Wildman–Crippen MR) is 122 cm³/mol. The maximum atomic E-state index is 13.9. The second-order valence-corrected chi connectivity index (χ2v) is 9.04. The van der Waals surface area contributed by atoms with Crippen LogP contribution in [0.2, 0.25) is 0 Å². The summed E-state index contributed by atoms with van der Waals surface area (Å²) in [5.74, 6) is -0.521. The summed E-state index contributed by atoms with van der Waals surface area (Å²) >= 11 is 0. The topological polar surface area (TPSA) is 70.6 Å². The van der Waals surface area contributed by atoms with E-state index in [2.05, 4.69) is 11.9 Å². The Morgan fingerprint density at radius 3 is 2.59 bits per heavy atom. The van der Waals surface area contributed by atoms with Gasteiger partial charge in [0.25, 0.3) is 0 Å². The van der Waals surface area contributed by atoms with Crippen LogP contribution in [0.25, 0.3) is 0 Å². The van der Waals surface area contributed by atoms with Crippen molar-refractivity contribution >= 4 is 17.7 Å². The van der Waals surface area contributed by atoms with Gasteiger partial charge in [0.1, 0.15) is 0 Å². The molecule has 168 valence electrons. The van der Waals surface area contributed by atoms with Crippen molar-refractivity contribution in [3.63, 3.8) is 0 Å². The number of hydrogen-bond donors (Lipinski definition) is 0. The molecule has 3 heterocycles. The molecule has 0 radical (unpaired) electrons. The molecule has 0 N–H and O–H groups in total. The highest BCUT2D eigenvalue weighted by Crippen LogP contribution is 2.42. The van der Waals surface area contributed by atoms with Gasteiger partial charge in [-0.2, -0.15) is 0 Å². The summed E-state index contributed by atoms with van der Waals surface area (Å²) in [6.45, 7) is 4.97. The minimum atomic E-state index is -1.15. The maximum Gasteiger partial charge on any atom is 0.241 e. The molecule has 0 aliphatic carbocycles. The number of benzene rings is 1. The van der Waals surface area contributed by atoms with Gasteiger partial charge in [0.05, 0.1) is 12.0 Å². The SMILES string of the molecule is CC[C@@H]1CCCCN1C(=O)C[C@]1(c2ccccc2C)CC(=O)N(Cc2ccncc2)C1=O. The highest BCUT2D eigenvalue weighted by atomic mass is 16.2. The molecule has 3 amide bonds. The standard InChI is InChI=1S/C26H31N3O3/c1-3-21-9-6-7-15-28(21)23(30)16-26(22-10-5-4-8-19(22)2)17-24(31)29(25(26)32)18-20-11-13-27-14-12-20/h4-5,8,10-14,21H,3,6-7,9,15-18H2,1-2H3/t21-,26-/m1/s1. The number of imide groups is 1. The normalized spacial score (nSPS) is 23.6. The van der Waals surface area contributed by atoms with Crippen LogP contribution in [0.5, 0.6) is 0 Å². The first-order valence-corrected chi connectivity index (χ1v) is 11.6. The lowest BCUT2D eigenvalue weighted by atomic mass is 9.73. The number of pyridine rings is 1. The van der Waals surface area contributed by atoms with Crippen LogP contribution in [0, 0.1) is 6.92 Å². The van der Waals surface area contributed by atoms with Gasteiger partial charge in [-0.3, -0.25) is 24.3 Å². The number of likely N-dealkylation sites (tertiary alicyclic amines) is 2. The molecule has 2 aromatic rings. The van der Waals surface area contributed by atoms with E-state index >= 15 is 0 Å². The van der Waals surface area contributed by atoms with Crippen LogP contribution < -0.4 is 0 Å². The number of aryl methyl sites for hydroxylation is 1. The van der Waals surface area contributed by atoms with Crippen molar-refractivity contribution in [3.8, 4) is 0 Å². The summed E-state index contributed by atoms with van der Waals surface area (Å²) in [5, 5.41) is 0. The fourth-order valence-corrected chi connectivity index (χ4v) is 5.30. The monoisotopic (exact) mass is 433 g/mol. The van der Waals surface area contributed by atoms with Gasteiger partial charge < -0.3 is 4.90 Å². The minimum absolute atomic E-state index is 0.0216. The summed E-state index contributed by atoms with van der Waals surface area (Å²) in [6.07, 6.45) is 7.39. The predicted octanol–water partition coefficient (Wildman–Crippen LogP) is 3.77. The van der Waals surface area contributed by atoms with Crippen molar-refractivity contribution in [3.05, 3.63) is 65.5 Å². The second-order valence-electron chi connectivity index (χ2n) is 9.04. The van der Waals surface area contributed by atoms with Gasteiger partial charge in [0, 0.05) is 37.8 Å². The van der Waals surface area contributed by atoms with E-state index in [1.165, 1.54) is 4.90 Å². The van der Waals surface area contributed by atoms with Crippen LogP contribution >= 0.6 is 0 Å². The average molecular weight is 434 g/mol. The maximum absolute atomic E-state index is 13.9. The lowest BCUT2D eigenvalue weighted by Crippen LogP contribution is -2.48. The van der Waals surface area contributed by atoms with E-state index in [1.807, 2.05) is 36.1 Å². The molecule has 2 fully saturated rings. The zero-order chi connectivity index (χ0) is 22.7. The Labute approximate surface area is 189 Å². The summed E-state index contributed by atoms with van der Waals surface area (Å²) < 4.78 is 0. The van der Waals surface area contributed by atoms with Crippen LogP contribution in [-0.4, -0.2) is 45.1 Å². The van der Waals surface area contributed by atoms with E-state index in [-0.39, 0.29) is 43.1 Å². The van der Waals surface area contributed by atoms with E-state index in [0.717, 1.165) is 48.9 Å². The number of aromatic nitrogens is 1. The molecule has 0 bridgehead atoms.